The monoisotopic (exact) mass is 269 g/mol. The third kappa shape index (κ3) is 4.35. The number of carbonyl (C=O) groups excluding carboxylic acids is 1. The second-order valence-corrected chi connectivity index (χ2v) is 5.40. The van der Waals surface area contributed by atoms with Gasteiger partial charge in [-0.25, -0.2) is 0 Å². The van der Waals surface area contributed by atoms with Crippen LogP contribution in [0.4, 0.5) is 0 Å². The molecule has 1 amide bonds. The summed E-state index contributed by atoms with van der Waals surface area (Å²) in [4.78, 5) is 24.9. The van der Waals surface area contributed by atoms with Crippen molar-refractivity contribution in [3.63, 3.8) is 0 Å². The van der Waals surface area contributed by atoms with E-state index in [2.05, 4.69) is 6.58 Å². The van der Waals surface area contributed by atoms with E-state index < -0.39 is 5.97 Å². The van der Waals surface area contributed by atoms with Gasteiger partial charge in [0, 0.05) is 25.6 Å². The fourth-order valence-electron chi connectivity index (χ4n) is 2.60. The van der Waals surface area contributed by atoms with Gasteiger partial charge in [0.1, 0.15) is 0 Å². The lowest BCUT2D eigenvalue weighted by atomic mass is 10.0. The van der Waals surface area contributed by atoms with Gasteiger partial charge in [-0.15, -0.1) is 6.58 Å². The van der Waals surface area contributed by atoms with Crippen LogP contribution in [-0.4, -0.2) is 47.7 Å². The molecule has 0 aliphatic carbocycles. The number of likely N-dealkylation sites (tertiary alicyclic amines) is 1. The minimum atomic E-state index is -0.882. The van der Waals surface area contributed by atoms with Crippen LogP contribution in [0.15, 0.2) is 12.2 Å². The number of aliphatic carboxylic acids is 1. The molecule has 1 fully saturated rings. The number of amides is 1. The molecule has 1 saturated heterocycles. The summed E-state index contributed by atoms with van der Waals surface area (Å²) >= 11 is 0. The van der Waals surface area contributed by atoms with Gasteiger partial charge in [0.15, 0.2) is 0 Å². The fraction of sp³-hybridized carbons (Fsp3) is 0.714. The van der Waals surface area contributed by atoms with Crippen molar-refractivity contribution in [1.29, 1.82) is 0 Å². The number of nitrogens with zero attached hydrogens (tertiary/aromatic N) is 1. The molecule has 1 rings (SSSR count). The van der Waals surface area contributed by atoms with Gasteiger partial charge in [-0.05, 0) is 19.8 Å². The Bertz CT molecular complexity index is 366. The van der Waals surface area contributed by atoms with Gasteiger partial charge in [-0.2, -0.15) is 0 Å². The Morgan fingerprint density at radius 1 is 1.53 bits per heavy atom. The second kappa shape index (κ2) is 6.70. The first-order valence-corrected chi connectivity index (χ1v) is 6.54. The van der Waals surface area contributed by atoms with Crippen LogP contribution in [0.1, 0.15) is 33.1 Å². The number of allylic oxidation sites excluding steroid dienone is 1. The van der Waals surface area contributed by atoms with Crippen LogP contribution in [0.2, 0.25) is 0 Å². The van der Waals surface area contributed by atoms with Crippen molar-refractivity contribution in [1.82, 2.24) is 4.90 Å². The summed E-state index contributed by atoms with van der Waals surface area (Å²) in [7, 11) is 1.59. The summed E-state index contributed by atoms with van der Waals surface area (Å²) in [5, 5.41) is 8.92. The number of rotatable bonds is 6. The molecule has 1 aliphatic rings. The average molecular weight is 269 g/mol. The van der Waals surface area contributed by atoms with E-state index in [-0.39, 0.29) is 30.4 Å². The molecule has 19 heavy (non-hydrogen) atoms. The molecule has 0 aromatic heterocycles. The van der Waals surface area contributed by atoms with Crippen LogP contribution in [0.5, 0.6) is 0 Å². The number of ether oxygens (including phenoxy) is 1. The topological polar surface area (TPSA) is 66.8 Å². The lowest BCUT2D eigenvalue weighted by Gasteiger charge is -2.26. The summed E-state index contributed by atoms with van der Waals surface area (Å²) in [5.74, 6) is -1.05. The normalized spacial score (nSPS) is 24.3. The van der Waals surface area contributed by atoms with Crippen molar-refractivity contribution >= 4 is 11.9 Å². The first-order valence-electron chi connectivity index (χ1n) is 6.54. The van der Waals surface area contributed by atoms with E-state index in [9.17, 15) is 9.59 Å². The molecule has 108 valence electrons. The zero-order valence-electron chi connectivity index (χ0n) is 11.9. The van der Waals surface area contributed by atoms with Gasteiger partial charge in [-0.3, -0.25) is 9.59 Å². The van der Waals surface area contributed by atoms with E-state index in [1.807, 2.05) is 13.8 Å². The highest BCUT2D eigenvalue weighted by atomic mass is 16.5. The van der Waals surface area contributed by atoms with Gasteiger partial charge >= 0.3 is 5.97 Å². The van der Waals surface area contributed by atoms with Gasteiger partial charge in [-0.1, -0.05) is 12.5 Å². The lowest BCUT2D eigenvalue weighted by molar-refractivity contribution is -0.141. The Labute approximate surface area is 114 Å². The highest BCUT2D eigenvalue weighted by Crippen LogP contribution is 2.26. The molecular weight excluding hydrogens is 246 g/mol. The summed E-state index contributed by atoms with van der Waals surface area (Å²) in [5.41, 5.74) is 0.957. The van der Waals surface area contributed by atoms with Crippen molar-refractivity contribution < 1.29 is 19.4 Å². The van der Waals surface area contributed by atoms with Crippen LogP contribution in [0.25, 0.3) is 0 Å². The molecule has 0 radical (unpaired) electrons. The molecule has 0 bridgehead atoms. The van der Waals surface area contributed by atoms with Crippen LogP contribution in [0, 0.1) is 5.92 Å². The van der Waals surface area contributed by atoms with Gasteiger partial charge in [0.2, 0.25) is 5.91 Å². The van der Waals surface area contributed by atoms with Crippen LogP contribution >= 0.6 is 0 Å². The number of hydrogen-bond donors (Lipinski definition) is 1. The minimum Gasteiger partial charge on any atom is -0.481 e. The molecular formula is C14H23NO4. The second-order valence-electron chi connectivity index (χ2n) is 5.40. The zero-order valence-corrected chi connectivity index (χ0v) is 11.9. The van der Waals surface area contributed by atoms with Crippen molar-refractivity contribution in [2.24, 2.45) is 5.92 Å². The standard InChI is InChI=1S/C14H23NO4/c1-9(2)5-10(3)14(18)15-8-12(19-4)6-11(15)7-13(16)17/h10-12H,1,5-8H2,2-4H3,(H,16,17). The van der Waals surface area contributed by atoms with Crippen LogP contribution in [-0.2, 0) is 14.3 Å². The molecule has 3 atom stereocenters. The number of hydrogen-bond acceptors (Lipinski definition) is 3. The average Bonchev–Trinajstić information content (AvgIpc) is 2.69. The maximum Gasteiger partial charge on any atom is 0.305 e. The maximum atomic E-state index is 12.4. The van der Waals surface area contributed by atoms with Gasteiger partial charge in [0.25, 0.3) is 0 Å². The van der Waals surface area contributed by atoms with E-state index in [1.165, 1.54) is 0 Å². The Morgan fingerprint density at radius 3 is 2.63 bits per heavy atom. The third-order valence-corrected chi connectivity index (χ3v) is 3.48. The molecule has 3 unspecified atom stereocenters. The number of carboxylic acids is 1. The smallest absolute Gasteiger partial charge is 0.305 e. The van der Waals surface area contributed by atoms with Crippen LogP contribution in [0.3, 0.4) is 0 Å². The fourth-order valence-corrected chi connectivity index (χ4v) is 2.60. The first kappa shape index (κ1) is 15.7. The molecule has 5 heteroatoms. The number of carbonyl (C=O) groups is 2. The highest BCUT2D eigenvalue weighted by Gasteiger charge is 2.37. The largest absolute Gasteiger partial charge is 0.481 e. The molecule has 1 heterocycles. The third-order valence-electron chi connectivity index (χ3n) is 3.48. The molecule has 1 N–H and O–H groups in total. The Morgan fingerprint density at radius 2 is 2.16 bits per heavy atom. The SMILES string of the molecule is C=C(C)CC(C)C(=O)N1CC(OC)CC1CC(=O)O. The van der Waals surface area contributed by atoms with Gasteiger partial charge < -0.3 is 14.7 Å². The summed E-state index contributed by atoms with van der Waals surface area (Å²) in [6, 6.07) is -0.262. The molecule has 5 nitrogen and oxygen atoms in total. The van der Waals surface area contributed by atoms with E-state index >= 15 is 0 Å². The zero-order chi connectivity index (χ0) is 14.6. The summed E-state index contributed by atoms with van der Waals surface area (Å²) in [6.07, 6.45) is 1.14. The minimum absolute atomic E-state index is 0.00574. The molecule has 0 spiro atoms. The van der Waals surface area contributed by atoms with Crippen molar-refractivity contribution in [2.45, 2.75) is 45.3 Å². The van der Waals surface area contributed by atoms with E-state index in [4.69, 9.17) is 9.84 Å². The van der Waals surface area contributed by atoms with Crippen molar-refractivity contribution in [2.75, 3.05) is 13.7 Å². The molecule has 0 saturated carbocycles. The first-order chi connectivity index (χ1) is 8.85. The number of carboxylic acid groups (broad SMARTS) is 1. The van der Waals surface area contributed by atoms with E-state index in [0.717, 1.165) is 5.57 Å². The quantitative estimate of drug-likeness (QED) is 0.745. The predicted molar refractivity (Wildman–Crippen MR) is 71.8 cm³/mol. The maximum absolute atomic E-state index is 12.4. The van der Waals surface area contributed by atoms with Crippen molar-refractivity contribution in [3.05, 3.63) is 12.2 Å². The highest BCUT2D eigenvalue weighted by molar-refractivity contribution is 5.80. The molecule has 1 aliphatic heterocycles. The Kier molecular flexibility index (Phi) is 5.54. The number of methoxy groups -OCH3 is 1. The van der Waals surface area contributed by atoms with Gasteiger partial charge in [0.05, 0.1) is 12.5 Å². The predicted octanol–water partition coefficient (Wildman–Crippen LogP) is 1.68. The van der Waals surface area contributed by atoms with E-state index in [0.29, 0.717) is 19.4 Å². The Balaban J connectivity index is 2.73. The van der Waals surface area contributed by atoms with Crippen LogP contribution < -0.4 is 0 Å². The lowest BCUT2D eigenvalue weighted by Crippen LogP contribution is -2.40. The summed E-state index contributed by atoms with van der Waals surface area (Å²) < 4.78 is 5.26. The Hall–Kier alpha value is -1.36. The molecule has 0 aromatic carbocycles. The van der Waals surface area contributed by atoms with Crippen molar-refractivity contribution in [3.8, 4) is 0 Å². The van der Waals surface area contributed by atoms with E-state index in [1.54, 1.807) is 12.0 Å². The summed E-state index contributed by atoms with van der Waals surface area (Å²) in [6.45, 7) is 8.04. The molecule has 0 aromatic rings.